The van der Waals surface area contributed by atoms with E-state index in [1.807, 2.05) is 0 Å². The molecule has 0 saturated heterocycles. The largest absolute Gasteiger partial charge is 0.494 e. The molecule has 3 rings (SSSR count). The molecule has 1 N–H and O–H groups in total. The Labute approximate surface area is 170 Å². The van der Waals surface area contributed by atoms with Crippen LogP contribution in [0.5, 0.6) is 5.75 Å². The van der Waals surface area contributed by atoms with E-state index in [9.17, 15) is 9.59 Å². The first-order chi connectivity index (χ1) is 12.9. The summed E-state index contributed by atoms with van der Waals surface area (Å²) in [6.45, 7) is 2.62. The van der Waals surface area contributed by atoms with Crippen LogP contribution in [0.1, 0.15) is 30.1 Å². The van der Waals surface area contributed by atoms with Gasteiger partial charge in [0.15, 0.2) is 4.77 Å². The van der Waals surface area contributed by atoms with Crippen LogP contribution < -0.4 is 10.3 Å². The molecule has 1 aromatic heterocycles. The summed E-state index contributed by atoms with van der Waals surface area (Å²) >= 11 is 17.3. The Bertz CT molecular complexity index is 1140. The van der Waals surface area contributed by atoms with Gasteiger partial charge in [-0.3, -0.25) is 9.59 Å². The molecule has 0 radical (unpaired) electrons. The third-order valence-electron chi connectivity index (χ3n) is 3.97. The monoisotopic (exact) mass is 422 g/mol. The Hall–Kier alpha value is -2.15. The van der Waals surface area contributed by atoms with Gasteiger partial charge in [0.05, 0.1) is 22.5 Å². The number of rotatable bonds is 5. The number of benzene rings is 2. The minimum atomic E-state index is -0.583. The van der Waals surface area contributed by atoms with Gasteiger partial charge < -0.3 is 9.72 Å². The minimum Gasteiger partial charge on any atom is -0.494 e. The maximum Gasteiger partial charge on any atom is 0.269 e. The SMILES string of the molecule is CCCCOc1cccc(C(=O)n2c(=S)[nH]c3c(Cl)cc(Cl)cc3c2=O)c1. The lowest BCUT2D eigenvalue weighted by Crippen LogP contribution is -2.29. The Morgan fingerprint density at radius 3 is 2.78 bits per heavy atom. The van der Waals surface area contributed by atoms with Crippen LogP contribution in [-0.2, 0) is 0 Å². The van der Waals surface area contributed by atoms with Gasteiger partial charge in [-0.05, 0) is 49.0 Å². The van der Waals surface area contributed by atoms with Gasteiger partial charge in [0.2, 0.25) is 0 Å². The van der Waals surface area contributed by atoms with Crippen molar-refractivity contribution >= 4 is 52.2 Å². The summed E-state index contributed by atoms with van der Waals surface area (Å²) in [6, 6.07) is 9.60. The lowest BCUT2D eigenvalue weighted by Gasteiger charge is -2.10. The fraction of sp³-hybridized carbons (Fsp3) is 0.211. The number of nitrogens with one attached hydrogen (secondary N) is 1. The van der Waals surface area contributed by atoms with Crippen molar-refractivity contribution in [2.24, 2.45) is 0 Å². The van der Waals surface area contributed by atoms with E-state index in [4.69, 9.17) is 40.2 Å². The molecule has 3 aromatic rings. The van der Waals surface area contributed by atoms with Crippen LogP contribution in [0, 0.1) is 4.77 Å². The fourth-order valence-electron chi connectivity index (χ4n) is 2.61. The van der Waals surface area contributed by atoms with Crippen LogP contribution in [0.15, 0.2) is 41.2 Å². The first-order valence-corrected chi connectivity index (χ1v) is 9.50. The predicted octanol–water partition coefficient (Wildman–Crippen LogP) is 5.23. The Kier molecular flexibility index (Phi) is 5.99. The average Bonchev–Trinajstić information content (AvgIpc) is 2.63. The maximum atomic E-state index is 12.9. The molecule has 0 aliphatic carbocycles. The molecule has 0 amide bonds. The van der Waals surface area contributed by atoms with Crippen molar-refractivity contribution in [3.63, 3.8) is 0 Å². The van der Waals surface area contributed by atoms with Crippen LogP contribution in [-0.4, -0.2) is 22.1 Å². The highest BCUT2D eigenvalue weighted by Gasteiger charge is 2.17. The van der Waals surface area contributed by atoms with E-state index in [-0.39, 0.29) is 20.7 Å². The number of aromatic nitrogens is 2. The highest BCUT2D eigenvalue weighted by Crippen LogP contribution is 2.24. The number of carbonyl (C=O) groups is 1. The zero-order valence-electron chi connectivity index (χ0n) is 14.4. The normalized spacial score (nSPS) is 10.9. The van der Waals surface area contributed by atoms with Gasteiger partial charge in [0.1, 0.15) is 5.75 Å². The Morgan fingerprint density at radius 1 is 1.26 bits per heavy atom. The van der Waals surface area contributed by atoms with Crippen molar-refractivity contribution in [2.45, 2.75) is 19.8 Å². The minimum absolute atomic E-state index is 0.0426. The highest BCUT2D eigenvalue weighted by molar-refractivity contribution is 7.71. The first-order valence-electron chi connectivity index (χ1n) is 8.34. The van der Waals surface area contributed by atoms with Crippen LogP contribution in [0.3, 0.4) is 0 Å². The van der Waals surface area contributed by atoms with Crippen molar-refractivity contribution in [1.82, 2.24) is 9.55 Å². The summed E-state index contributed by atoms with van der Waals surface area (Å²) in [6.07, 6.45) is 1.92. The quantitative estimate of drug-likeness (QED) is 0.451. The van der Waals surface area contributed by atoms with Crippen LogP contribution in [0.2, 0.25) is 10.0 Å². The van der Waals surface area contributed by atoms with E-state index in [0.717, 1.165) is 17.4 Å². The molecule has 0 aliphatic heterocycles. The summed E-state index contributed by atoms with van der Waals surface area (Å²) in [4.78, 5) is 28.6. The molecular formula is C19H16Cl2N2O3S. The summed E-state index contributed by atoms with van der Waals surface area (Å²) < 4.78 is 6.48. The third kappa shape index (κ3) is 4.08. The van der Waals surface area contributed by atoms with Gasteiger partial charge in [0.25, 0.3) is 11.5 Å². The molecule has 0 spiro atoms. The van der Waals surface area contributed by atoms with E-state index in [2.05, 4.69) is 11.9 Å². The van der Waals surface area contributed by atoms with E-state index in [0.29, 0.717) is 22.9 Å². The third-order valence-corrected chi connectivity index (χ3v) is 4.78. The molecule has 0 aliphatic rings. The second-order valence-corrected chi connectivity index (χ2v) is 7.15. The number of fused-ring (bicyclic) bond motifs is 1. The summed E-state index contributed by atoms with van der Waals surface area (Å²) in [5.41, 5.74) is 0.0512. The number of ether oxygens (including phenoxy) is 1. The molecule has 5 nitrogen and oxygen atoms in total. The topological polar surface area (TPSA) is 64.1 Å². The molecule has 0 atom stereocenters. The van der Waals surface area contributed by atoms with Crippen molar-refractivity contribution < 1.29 is 9.53 Å². The molecule has 0 bridgehead atoms. The van der Waals surface area contributed by atoms with Gasteiger partial charge >= 0.3 is 0 Å². The van der Waals surface area contributed by atoms with Crippen molar-refractivity contribution in [3.8, 4) is 5.75 Å². The molecule has 27 heavy (non-hydrogen) atoms. The van der Waals surface area contributed by atoms with E-state index >= 15 is 0 Å². The summed E-state index contributed by atoms with van der Waals surface area (Å²) in [5.74, 6) is 0.00399. The number of nitrogens with zero attached hydrogens (tertiary/aromatic N) is 1. The van der Waals surface area contributed by atoms with Gasteiger partial charge in [-0.1, -0.05) is 42.6 Å². The molecule has 0 unspecified atom stereocenters. The van der Waals surface area contributed by atoms with Crippen LogP contribution in [0.25, 0.3) is 10.9 Å². The predicted molar refractivity (Wildman–Crippen MR) is 110 cm³/mol. The number of carbonyl (C=O) groups excluding carboxylic acids is 1. The van der Waals surface area contributed by atoms with Gasteiger partial charge in [-0.2, -0.15) is 0 Å². The standard InChI is InChI=1S/C19H16Cl2N2O3S/c1-2-3-7-26-13-6-4-5-11(8-13)17(24)23-18(25)14-9-12(20)10-15(21)16(14)22-19(23)27/h4-6,8-10H,2-3,7H2,1H3,(H,22,27). The van der Waals surface area contributed by atoms with Gasteiger partial charge in [0, 0.05) is 10.6 Å². The van der Waals surface area contributed by atoms with E-state index in [1.165, 1.54) is 12.1 Å². The van der Waals surface area contributed by atoms with Gasteiger partial charge in [-0.15, -0.1) is 0 Å². The van der Waals surface area contributed by atoms with Gasteiger partial charge in [-0.25, -0.2) is 4.57 Å². The number of aromatic amines is 1. The van der Waals surface area contributed by atoms with E-state index < -0.39 is 11.5 Å². The lowest BCUT2D eigenvalue weighted by atomic mass is 10.2. The Morgan fingerprint density at radius 2 is 2.04 bits per heavy atom. The second kappa shape index (κ2) is 8.25. The lowest BCUT2D eigenvalue weighted by molar-refractivity contribution is 0.0953. The molecule has 0 saturated carbocycles. The average molecular weight is 423 g/mol. The maximum absolute atomic E-state index is 12.9. The zero-order valence-corrected chi connectivity index (χ0v) is 16.7. The number of hydrogen-bond acceptors (Lipinski definition) is 4. The van der Waals surface area contributed by atoms with Crippen LogP contribution in [0.4, 0.5) is 0 Å². The summed E-state index contributed by atoms with van der Waals surface area (Å²) in [5, 5.41) is 0.733. The zero-order chi connectivity index (χ0) is 19.6. The van der Waals surface area contributed by atoms with Crippen LogP contribution >= 0.6 is 35.4 Å². The van der Waals surface area contributed by atoms with Crippen molar-refractivity contribution in [2.75, 3.05) is 6.61 Å². The summed E-state index contributed by atoms with van der Waals surface area (Å²) in [7, 11) is 0. The molecule has 0 fully saturated rings. The number of hydrogen-bond donors (Lipinski definition) is 1. The number of unbranched alkanes of at least 4 members (excludes halogenated alkanes) is 1. The fourth-order valence-corrected chi connectivity index (χ4v) is 3.42. The smallest absolute Gasteiger partial charge is 0.269 e. The molecule has 8 heteroatoms. The molecule has 1 heterocycles. The first kappa shape index (κ1) is 19.6. The number of H-pyrrole nitrogens is 1. The molecule has 140 valence electrons. The molecule has 2 aromatic carbocycles. The highest BCUT2D eigenvalue weighted by atomic mass is 35.5. The van der Waals surface area contributed by atoms with Crippen molar-refractivity contribution in [1.29, 1.82) is 0 Å². The molecular weight excluding hydrogens is 407 g/mol. The second-order valence-electron chi connectivity index (χ2n) is 5.92. The van der Waals surface area contributed by atoms with Crippen molar-refractivity contribution in [3.05, 3.63) is 67.1 Å². The number of halogens is 2. The Balaban J connectivity index is 2.08. The van der Waals surface area contributed by atoms with E-state index in [1.54, 1.807) is 24.3 Å².